The molecule has 0 radical (unpaired) electrons. The second-order valence-corrected chi connectivity index (χ2v) is 4.41. The minimum Gasteiger partial charge on any atom is -0.493 e. The van der Waals surface area contributed by atoms with Gasteiger partial charge in [0.15, 0.2) is 12.0 Å². The molecule has 7 heteroatoms. The lowest BCUT2D eigenvalue weighted by Crippen LogP contribution is -2.27. The van der Waals surface area contributed by atoms with Crippen LogP contribution in [0.2, 0.25) is 0 Å². The molecule has 0 aliphatic rings. The fourth-order valence-electron chi connectivity index (χ4n) is 1.79. The third kappa shape index (κ3) is 3.90. The van der Waals surface area contributed by atoms with Gasteiger partial charge in [0, 0.05) is 20.8 Å². The van der Waals surface area contributed by atoms with Crippen molar-refractivity contribution >= 4 is 0 Å². The molecule has 1 aromatic heterocycles. The molecule has 0 spiro atoms. The van der Waals surface area contributed by atoms with Crippen LogP contribution in [0.25, 0.3) is 0 Å². The molecule has 7 nitrogen and oxygen atoms in total. The summed E-state index contributed by atoms with van der Waals surface area (Å²) < 4.78 is 17.1. The standard InChI is InChI=1S/C12H23N3O4/c1-14(2)6-7-15-10(9(17-3)8-13-15)11(16)12(18-4)19-5/h8,11-12,16H,6-7H2,1-5H3. The highest BCUT2D eigenvalue weighted by atomic mass is 16.7. The van der Waals surface area contributed by atoms with E-state index in [4.69, 9.17) is 14.2 Å². The summed E-state index contributed by atoms with van der Waals surface area (Å²) in [5.74, 6) is 0.519. The summed E-state index contributed by atoms with van der Waals surface area (Å²) >= 11 is 0. The van der Waals surface area contributed by atoms with Crippen molar-refractivity contribution in [2.45, 2.75) is 18.9 Å². The van der Waals surface area contributed by atoms with E-state index in [1.165, 1.54) is 21.3 Å². The summed E-state index contributed by atoms with van der Waals surface area (Å²) in [7, 11) is 8.45. The molecular formula is C12H23N3O4. The Morgan fingerprint density at radius 1 is 1.32 bits per heavy atom. The number of ether oxygens (including phenoxy) is 3. The minimum absolute atomic E-state index is 0.519. The number of rotatable bonds is 8. The monoisotopic (exact) mass is 273 g/mol. The smallest absolute Gasteiger partial charge is 0.188 e. The van der Waals surface area contributed by atoms with Crippen LogP contribution in [-0.2, 0) is 16.0 Å². The third-order valence-electron chi connectivity index (χ3n) is 2.83. The Morgan fingerprint density at radius 2 is 1.95 bits per heavy atom. The lowest BCUT2D eigenvalue weighted by molar-refractivity contribution is -0.168. The molecule has 0 saturated carbocycles. The molecule has 110 valence electrons. The van der Waals surface area contributed by atoms with E-state index in [-0.39, 0.29) is 0 Å². The summed E-state index contributed by atoms with van der Waals surface area (Å²) in [5.41, 5.74) is 0.554. The normalized spacial score (nSPS) is 13.3. The van der Waals surface area contributed by atoms with Gasteiger partial charge < -0.3 is 24.2 Å². The molecule has 1 atom stereocenters. The van der Waals surface area contributed by atoms with E-state index in [9.17, 15) is 5.11 Å². The maximum absolute atomic E-state index is 10.3. The van der Waals surface area contributed by atoms with Crippen LogP contribution in [0.15, 0.2) is 6.20 Å². The van der Waals surface area contributed by atoms with E-state index in [0.29, 0.717) is 18.0 Å². The maximum atomic E-state index is 10.3. The number of aliphatic hydroxyl groups is 1. The molecule has 0 saturated heterocycles. The van der Waals surface area contributed by atoms with Crippen LogP contribution in [-0.4, -0.2) is 68.0 Å². The highest BCUT2D eigenvalue weighted by Crippen LogP contribution is 2.28. The summed E-state index contributed by atoms with van der Waals surface area (Å²) in [5, 5.41) is 14.5. The topological polar surface area (TPSA) is 69.0 Å². The Bertz CT molecular complexity index is 377. The van der Waals surface area contributed by atoms with Crippen LogP contribution >= 0.6 is 0 Å². The molecule has 1 aromatic rings. The highest BCUT2D eigenvalue weighted by Gasteiger charge is 2.27. The Kier molecular flexibility index (Phi) is 6.23. The van der Waals surface area contributed by atoms with Crippen molar-refractivity contribution in [1.82, 2.24) is 14.7 Å². The molecule has 1 heterocycles. The number of likely N-dealkylation sites (N-methyl/N-ethyl adjacent to an activating group) is 1. The lowest BCUT2D eigenvalue weighted by Gasteiger charge is -2.22. The van der Waals surface area contributed by atoms with Gasteiger partial charge in [-0.25, -0.2) is 0 Å². The summed E-state index contributed by atoms with van der Waals surface area (Å²) in [6.45, 7) is 1.44. The van der Waals surface area contributed by atoms with E-state index < -0.39 is 12.4 Å². The van der Waals surface area contributed by atoms with E-state index in [0.717, 1.165) is 6.54 Å². The first-order valence-corrected chi connectivity index (χ1v) is 6.03. The van der Waals surface area contributed by atoms with Crippen LogP contribution in [0.4, 0.5) is 0 Å². The maximum Gasteiger partial charge on any atom is 0.188 e. The highest BCUT2D eigenvalue weighted by molar-refractivity contribution is 5.27. The van der Waals surface area contributed by atoms with Crippen LogP contribution in [0.3, 0.4) is 0 Å². The van der Waals surface area contributed by atoms with Gasteiger partial charge in [-0.1, -0.05) is 0 Å². The number of hydrogen-bond acceptors (Lipinski definition) is 6. The van der Waals surface area contributed by atoms with Crippen LogP contribution < -0.4 is 4.74 Å². The molecule has 0 fully saturated rings. The van der Waals surface area contributed by atoms with Gasteiger partial charge in [0.25, 0.3) is 0 Å². The molecule has 0 aliphatic carbocycles. The van der Waals surface area contributed by atoms with Gasteiger partial charge in [-0.3, -0.25) is 4.68 Å². The van der Waals surface area contributed by atoms with Gasteiger partial charge in [0.05, 0.1) is 19.9 Å². The third-order valence-corrected chi connectivity index (χ3v) is 2.83. The Labute approximate surface area is 113 Å². The van der Waals surface area contributed by atoms with Crippen molar-refractivity contribution < 1.29 is 19.3 Å². The van der Waals surface area contributed by atoms with Crippen molar-refractivity contribution in [2.24, 2.45) is 0 Å². The molecule has 0 aromatic carbocycles. The van der Waals surface area contributed by atoms with E-state index in [2.05, 4.69) is 5.10 Å². The van der Waals surface area contributed by atoms with E-state index in [1.807, 2.05) is 19.0 Å². The SMILES string of the molecule is COc1cnn(CCN(C)C)c1C(O)C(OC)OC. The Balaban J connectivity index is 2.97. The molecule has 0 bridgehead atoms. The zero-order chi connectivity index (χ0) is 14.4. The average molecular weight is 273 g/mol. The Hall–Kier alpha value is -1.15. The molecule has 0 amide bonds. The molecule has 1 N–H and O–H groups in total. The zero-order valence-corrected chi connectivity index (χ0v) is 12.2. The van der Waals surface area contributed by atoms with Gasteiger partial charge in [-0.15, -0.1) is 0 Å². The van der Waals surface area contributed by atoms with Crippen LogP contribution in [0.1, 0.15) is 11.8 Å². The average Bonchev–Trinajstić information content (AvgIpc) is 2.80. The predicted molar refractivity (Wildman–Crippen MR) is 70.1 cm³/mol. The molecule has 19 heavy (non-hydrogen) atoms. The second-order valence-electron chi connectivity index (χ2n) is 4.41. The van der Waals surface area contributed by atoms with Gasteiger partial charge in [0.1, 0.15) is 11.8 Å². The van der Waals surface area contributed by atoms with Crippen molar-refractivity contribution in [2.75, 3.05) is 42.0 Å². The van der Waals surface area contributed by atoms with Gasteiger partial charge in [-0.2, -0.15) is 5.10 Å². The molecule has 1 unspecified atom stereocenters. The molecule has 1 rings (SSSR count). The quantitative estimate of drug-likeness (QED) is 0.678. The van der Waals surface area contributed by atoms with Crippen LogP contribution in [0, 0.1) is 0 Å². The van der Waals surface area contributed by atoms with Gasteiger partial charge in [-0.05, 0) is 14.1 Å². The number of nitrogens with zero attached hydrogens (tertiary/aromatic N) is 3. The zero-order valence-electron chi connectivity index (χ0n) is 12.2. The fourth-order valence-corrected chi connectivity index (χ4v) is 1.79. The largest absolute Gasteiger partial charge is 0.493 e. The lowest BCUT2D eigenvalue weighted by atomic mass is 10.2. The first-order chi connectivity index (χ1) is 9.04. The van der Waals surface area contributed by atoms with E-state index >= 15 is 0 Å². The van der Waals surface area contributed by atoms with Gasteiger partial charge in [0.2, 0.25) is 0 Å². The van der Waals surface area contributed by atoms with E-state index in [1.54, 1.807) is 10.9 Å². The minimum atomic E-state index is -0.963. The van der Waals surface area contributed by atoms with Crippen molar-refractivity contribution in [3.8, 4) is 5.75 Å². The summed E-state index contributed by atoms with van der Waals surface area (Å²) in [6.07, 6.45) is -0.144. The number of methoxy groups -OCH3 is 3. The summed E-state index contributed by atoms with van der Waals surface area (Å²) in [4.78, 5) is 2.04. The van der Waals surface area contributed by atoms with Crippen LogP contribution in [0.5, 0.6) is 5.75 Å². The van der Waals surface area contributed by atoms with Gasteiger partial charge >= 0.3 is 0 Å². The first-order valence-electron chi connectivity index (χ1n) is 6.03. The number of aromatic nitrogens is 2. The fraction of sp³-hybridized carbons (Fsp3) is 0.750. The molecule has 0 aliphatic heterocycles. The first kappa shape index (κ1) is 15.9. The van der Waals surface area contributed by atoms with Crippen molar-refractivity contribution in [3.63, 3.8) is 0 Å². The number of aliphatic hydroxyl groups excluding tert-OH is 1. The predicted octanol–water partition coefficient (Wildman–Crippen LogP) is 0.106. The van der Waals surface area contributed by atoms with Crippen molar-refractivity contribution in [1.29, 1.82) is 0 Å². The van der Waals surface area contributed by atoms with Crippen molar-refractivity contribution in [3.05, 3.63) is 11.9 Å². The number of hydrogen-bond donors (Lipinski definition) is 1. The molecular weight excluding hydrogens is 250 g/mol. The Morgan fingerprint density at radius 3 is 2.42 bits per heavy atom. The summed E-state index contributed by atoms with van der Waals surface area (Å²) in [6, 6.07) is 0. The second kappa shape index (κ2) is 7.44.